The van der Waals surface area contributed by atoms with Crippen molar-refractivity contribution < 1.29 is 0 Å². The molecule has 0 fully saturated rings. The average molecular weight is 257 g/mol. The van der Waals surface area contributed by atoms with Gasteiger partial charge in [-0.15, -0.1) is 0 Å². The summed E-state index contributed by atoms with van der Waals surface area (Å²) in [6.45, 7) is 0. The Hall–Kier alpha value is -2.54. The molecule has 1 heteroatoms. The molecule has 0 unspecified atom stereocenters. The molecule has 1 aliphatic heterocycles. The van der Waals surface area contributed by atoms with E-state index in [4.69, 9.17) is 0 Å². The summed E-state index contributed by atoms with van der Waals surface area (Å²) in [5.74, 6) is 0. The van der Waals surface area contributed by atoms with Crippen molar-refractivity contribution in [2.24, 2.45) is 0 Å². The average Bonchev–Trinajstić information content (AvgIpc) is 2.64. The van der Waals surface area contributed by atoms with Crippen LogP contribution in [0.1, 0.15) is 11.1 Å². The molecule has 1 aliphatic rings. The lowest BCUT2D eigenvalue weighted by Gasteiger charge is -2.22. The van der Waals surface area contributed by atoms with E-state index in [2.05, 4.69) is 84.8 Å². The summed E-state index contributed by atoms with van der Waals surface area (Å²) in [4.78, 5) is 2.27. The Bertz CT molecular complexity index is 830. The van der Waals surface area contributed by atoms with Crippen LogP contribution in [0.15, 0.2) is 60.7 Å². The van der Waals surface area contributed by atoms with Crippen molar-refractivity contribution in [1.82, 2.24) is 0 Å². The molecule has 0 saturated heterocycles. The van der Waals surface area contributed by atoms with Crippen molar-refractivity contribution in [3.63, 3.8) is 0 Å². The summed E-state index contributed by atoms with van der Waals surface area (Å²) >= 11 is 0. The Labute approximate surface area is 118 Å². The fourth-order valence-electron chi connectivity index (χ4n) is 2.91. The highest BCUT2D eigenvalue weighted by Gasteiger charge is 2.14. The van der Waals surface area contributed by atoms with Crippen molar-refractivity contribution >= 4 is 34.3 Å². The van der Waals surface area contributed by atoms with Crippen molar-refractivity contribution in [2.45, 2.75) is 0 Å². The lowest BCUT2D eigenvalue weighted by molar-refractivity contribution is 1.21. The van der Waals surface area contributed by atoms with Gasteiger partial charge >= 0.3 is 0 Å². The first-order valence-corrected chi connectivity index (χ1v) is 6.86. The SMILES string of the molecule is CN1c2ccccc2C=Cc2cc3ccccc3cc21. The Balaban J connectivity index is 2.02. The maximum Gasteiger partial charge on any atom is 0.0488 e. The van der Waals surface area contributed by atoms with E-state index in [0.717, 1.165) is 0 Å². The van der Waals surface area contributed by atoms with Crippen LogP contribution in [-0.4, -0.2) is 7.05 Å². The molecule has 20 heavy (non-hydrogen) atoms. The largest absolute Gasteiger partial charge is 0.344 e. The van der Waals surface area contributed by atoms with Gasteiger partial charge in [0.2, 0.25) is 0 Å². The fraction of sp³-hybridized carbons (Fsp3) is 0.0526. The van der Waals surface area contributed by atoms with E-state index in [1.54, 1.807) is 0 Å². The van der Waals surface area contributed by atoms with Gasteiger partial charge in [-0.1, -0.05) is 54.6 Å². The van der Waals surface area contributed by atoms with Crippen molar-refractivity contribution in [3.05, 3.63) is 71.8 Å². The van der Waals surface area contributed by atoms with E-state index in [-0.39, 0.29) is 0 Å². The lowest BCUT2D eigenvalue weighted by Crippen LogP contribution is -2.11. The molecule has 0 amide bonds. The van der Waals surface area contributed by atoms with Gasteiger partial charge in [-0.25, -0.2) is 0 Å². The van der Waals surface area contributed by atoms with Crippen LogP contribution >= 0.6 is 0 Å². The summed E-state index contributed by atoms with van der Waals surface area (Å²) in [7, 11) is 2.14. The summed E-state index contributed by atoms with van der Waals surface area (Å²) in [5.41, 5.74) is 5.03. The molecular formula is C19H15N. The molecule has 3 aromatic rings. The third-order valence-electron chi connectivity index (χ3n) is 4.00. The van der Waals surface area contributed by atoms with Crippen LogP contribution in [0.25, 0.3) is 22.9 Å². The second-order valence-corrected chi connectivity index (χ2v) is 5.21. The number of para-hydroxylation sites is 1. The number of benzene rings is 3. The van der Waals surface area contributed by atoms with Crippen LogP contribution in [0.4, 0.5) is 11.4 Å². The molecule has 0 N–H and O–H groups in total. The normalized spacial score (nSPS) is 12.9. The molecule has 0 aliphatic carbocycles. The first-order chi connectivity index (χ1) is 9.83. The first kappa shape index (κ1) is 11.3. The molecule has 1 nitrogen and oxygen atoms in total. The molecular weight excluding hydrogens is 242 g/mol. The van der Waals surface area contributed by atoms with Gasteiger partial charge in [0.05, 0.1) is 0 Å². The van der Waals surface area contributed by atoms with Crippen molar-refractivity contribution in [2.75, 3.05) is 11.9 Å². The number of fused-ring (bicyclic) bond motifs is 3. The minimum atomic E-state index is 1.25. The number of hydrogen-bond acceptors (Lipinski definition) is 1. The maximum absolute atomic E-state index is 2.27. The van der Waals surface area contributed by atoms with Crippen LogP contribution in [0.3, 0.4) is 0 Å². The molecule has 0 radical (unpaired) electrons. The summed E-state index contributed by atoms with van der Waals surface area (Å²) in [6.07, 6.45) is 4.41. The molecule has 0 saturated carbocycles. The zero-order chi connectivity index (χ0) is 13.5. The van der Waals surface area contributed by atoms with Gasteiger partial charge in [0.1, 0.15) is 0 Å². The number of nitrogens with zero attached hydrogens (tertiary/aromatic N) is 1. The quantitative estimate of drug-likeness (QED) is 0.542. The van der Waals surface area contributed by atoms with E-state index in [1.807, 2.05) is 0 Å². The second-order valence-electron chi connectivity index (χ2n) is 5.21. The molecule has 3 aromatic carbocycles. The summed E-state index contributed by atoms with van der Waals surface area (Å²) in [5, 5.41) is 2.57. The smallest absolute Gasteiger partial charge is 0.0488 e. The molecule has 0 bridgehead atoms. The molecule has 4 rings (SSSR count). The first-order valence-electron chi connectivity index (χ1n) is 6.86. The topological polar surface area (TPSA) is 3.24 Å². The number of hydrogen-bond donors (Lipinski definition) is 0. The van der Waals surface area contributed by atoms with Gasteiger partial charge in [-0.05, 0) is 40.1 Å². The standard InChI is InChI=1S/C19H15N/c1-20-18-9-5-4-6-14(18)10-11-17-12-15-7-2-3-8-16(15)13-19(17)20/h2-13H,1H3. The number of anilines is 2. The van der Waals surface area contributed by atoms with E-state index in [0.29, 0.717) is 0 Å². The molecule has 0 atom stereocenters. The molecule has 1 heterocycles. The summed E-state index contributed by atoms with van der Waals surface area (Å²) in [6, 6.07) is 21.6. The van der Waals surface area contributed by atoms with Gasteiger partial charge in [0.15, 0.2) is 0 Å². The zero-order valence-electron chi connectivity index (χ0n) is 11.4. The van der Waals surface area contributed by atoms with E-state index >= 15 is 0 Å². The Morgan fingerprint density at radius 1 is 0.650 bits per heavy atom. The molecule has 96 valence electrons. The zero-order valence-corrected chi connectivity index (χ0v) is 11.4. The highest BCUT2D eigenvalue weighted by atomic mass is 15.1. The van der Waals surface area contributed by atoms with Crippen molar-refractivity contribution in [1.29, 1.82) is 0 Å². The lowest BCUT2D eigenvalue weighted by atomic mass is 10.0. The predicted molar refractivity (Wildman–Crippen MR) is 87.4 cm³/mol. The highest BCUT2D eigenvalue weighted by Crippen LogP contribution is 2.37. The Kier molecular flexibility index (Phi) is 2.40. The molecule has 0 spiro atoms. The van der Waals surface area contributed by atoms with Gasteiger partial charge in [-0.2, -0.15) is 0 Å². The third kappa shape index (κ3) is 1.64. The Morgan fingerprint density at radius 3 is 2.15 bits per heavy atom. The monoisotopic (exact) mass is 257 g/mol. The summed E-state index contributed by atoms with van der Waals surface area (Å²) < 4.78 is 0. The third-order valence-corrected chi connectivity index (χ3v) is 4.00. The van der Waals surface area contributed by atoms with Crippen LogP contribution in [-0.2, 0) is 0 Å². The van der Waals surface area contributed by atoms with E-state index in [1.165, 1.54) is 33.3 Å². The van der Waals surface area contributed by atoms with Gasteiger partial charge in [0, 0.05) is 18.4 Å². The minimum Gasteiger partial charge on any atom is -0.344 e. The van der Waals surface area contributed by atoms with Gasteiger partial charge < -0.3 is 4.90 Å². The molecule has 0 aromatic heterocycles. The van der Waals surface area contributed by atoms with Crippen LogP contribution < -0.4 is 4.90 Å². The number of rotatable bonds is 0. The maximum atomic E-state index is 2.27. The van der Waals surface area contributed by atoms with Crippen LogP contribution in [0.2, 0.25) is 0 Å². The fourth-order valence-corrected chi connectivity index (χ4v) is 2.91. The predicted octanol–water partition coefficient (Wildman–Crippen LogP) is 5.09. The van der Waals surface area contributed by atoms with Gasteiger partial charge in [0.25, 0.3) is 0 Å². The second kappa shape index (κ2) is 4.24. The van der Waals surface area contributed by atoms with Crippen LogP contribution in [0, 0.1) is 0 Å². The minimum absolute atomic E-state index is 1.25. The van der Waals surface area contributed by atoms with Gasteiger partial charge in [-0.3, -0.25) is 0 Å². The van der Waals surface area contributed by atoms with E-state index < -0.39 is 0 Å². The highest BCUT2D eigenvalue weighted by molar-refractivity contribution is 5.96. The van der Waals surface area contributed by atoms with E-state index in [9.17, 15) is 0 Å². The Morgan fingerprint density at radius 2 is 1.30 bits per heavy atom. The van der Waals surface area contributed by atoms with Crippen molar-refractivity contribution in [3.8, 4) is 0 Å². The van der Waals surface area contributed by atoms with Crippen LogP contribution in [0.5, 0.6) is 0 Å².